The van der Waals surface area contributed by atoms with Crippen LogP contribution in [0.1, 0.15) is 29.9 Å². The van der Waals surface area contributed by atoms with E-state index in [0.29, 0.717) is 39.6 Å². The van der Waals surface area contributed by atoms with E-state index in [2.05, 4.69) is 4.90 Å². The minimum atomic E-state index is -0.695. The van der Waals surface area contributed by atoms with E-state index in [4.69, 9.17) is 18.9 Å². The Labute approximate surface area is 228 Å². The number of anilines is 1. The summed E-state index contributed by atoms with van der Waals surface area (Å²) in [4.78, 5) is 34.9. The van der Waals surface area contributed by atoms with Crippen molar-refractivity contribution in [1.29, 1.82) is 0 Å². The predicted octanol–water partition coefficient (Wildman–Crippen LogP) is 3.37. The number of morpholine rings is 1. The average Bonchev–Trinajstić information content (AvgIpc) is 3.58. The van der Waals surface area contributed by atoms with Crippen molar-refractivity contribution >= 4 is 35.0 Å². The maximum atomic E-state index is 13.9. The van der Waals surface area contributed by atoms with Crippen molar-refractivity contribution in [3.8, 4) is 0 Å². The van der Waals surface area contributed by atoms with Crippen LogP contribution in [0.15, 0.2) is 92.6 Å². The van der Waals surface area contributed by atoms with Gasteiger partial charge in [0.1, 0.15) is 5.76 Å². The first-order chi connectivity index (χ1) is 19.1. The summed E-state index contributed by atoms with van der Waals surface area (Å²) >= 11 is 1.27. The maximum Gasteiger partial charge on any atom is 0.338 e. The zero-order valence-corrected chi connectivity index (χ0v) is 22.2. The highest BCUT2D eigenvalue weighted by molar-refractivity contribution is 7.07. The topological polar surface area (TPSA) is 86.3 Å². The molecule has 0 radical (unpaired) electrons. The third kappa shape index (κ3) is 4.86. The maximum absolute atomic E-state index is 13.9. The van der Waals surface area contributed by atoms with E-state index in [1.54, 1.807) is 17.6 Å². The van der Waals surface area contributed by atoms with Crippen molar-refractivity contribution < 1.29 is 18.7 Å². The minimum Gasteiger partial charge on any atom is -0.463 e. The number of nitrogens with zero attached hydrogens (tertiary/aromatic N) is 3. The van der Waals surface area contributed by atoms with Gasteiger partial charge in [0.15, 0.2) is 10.7 Å². The van der Waals surface area contributed by atoms with Gasteiger partial charge >= 0.3 is 5.97 Å². The Bertz CT molecular complexity index is 1700. The number of hydrogen-bond donors (Lipinski definition) is 0. The fourth-order valence-electron chi connectivity index (χ4n) is 4.89. The summed E-state index contributed by atoms with van der Waals surface area (Å²) in [6.45, 7) is 4.79. The normalized spacial score (nSPS) is 17.6. The molecule has 9 heteroatoms. The van der Waals surface area contributed by atoms with Crippen molar-refractivity contribution in [2.45, 2.75) is 13.0 Å². The molecule has 1 fully saturated rings. The first-order valence-corrected chi connectivity index (χ1v) is 13.7. The van der Waals surface area contributed by atoms with Crippen LogP contribution >= 0.6 is 11.3 Å². The van der Waals surface area contributed by atoms with Crippen LogP contribution < -0.4 is 19.8 Å². The molecule has 39 heavy (non-hydrogen) atoms. The van der Waals surface area contributed by atoms with Gasteiger partial charge in [0, 0.05) is 30.8 Å². The third-order valence-electron chi connectivity index (χ3n) is 6.70. The van der Waals surface area contributed by atoms with E-state index in [9.17, 15) is 9.59 Å². The van der Waals surface area contributed by atoms with Crippen LogP contribution in [-0.2, 0) is 14.3 Å². The Morgan fingerprint density at radius 3 is 2.49 bits per heavy atom. The smallest absolute Gasteiger partial charge is 0.338 e. The summed E-state index contributed by atoms with van der Waals surface area (Å²) in [7, 11) is 0. The second kappa shape index (κ2) is 10.9. The number of carbonyl (C=O) groups excluding carboxylic acids is 1. The molecule has 1 atom stereocenters. The first kappa shape index (κ1) is 25.1. The molecule has 2 aromatic heterocycles. The van der Waals surface area contributed by atoms with Crippen molar-refractivity contribution in [1.82, 2.24) is 4.57 Å². The predicted molar refractivity (Wildman–Crippen MR) is 149 cm³/mol. The average molecular weight is 542 g/mol. The highest BCUT2D eigenvalue weighted by Gasteiger charge is 2.35. The summed E-state index contributed by atoms with van der Waals surface area (Å²) in [6.07, 6.45) is 1.74. The molecule has 0 saturated carbocycles. The SMILES string of the molecule is CCOC(=O)C1=C(c2ccccc2)N=c2s/c(=C/c3ccc(N4CCOCC4)o3)c(=O)n2C1c1ccccc1. The third-order valence-corrected chi connectivity index (χ3v) is 7.68. The van der Waals surface area contributed by atoms with Gasteiger partial charge in [0.05, 0.1) is 41.7 Å². The van der Waals surface area contributed by atoms with Crippen LogP contribution in [0.4, 0.5) is 5.88 Å². The molecule has 0 amide bonds. The lowest BCUT2D eigenvalue weighted by Gasteiger charge is -2.26. The number of furan rings is 1. The van der Waals surface area contributed by atoms with Crippen molar-refractivity contribution in [3.63, 3.8) is 0 Å². The molecule has 0 spiro atoms. The quantitative estimate of drug-likeness (QED) is 0.348. The van der Waals surface area contributed by atoms with E-state index < -0.39 is 12.0 Å². The molecule has 8 nitrogen and oxygen atoms in total. The molecule has 4 heterocycles. The lowest BCUT2D eigenvalue weighted by molar-refractivity contribution is -0.138. The fourth-order valence-corrected chi connectivity index (χ4v) is 5.87. The van der Waals surface area contributed by atoms with Crippen molar-refractivity contribution in [2.75, 3.05) is 37.8 Å². The lowest BCUT2D eigenvalue weighted by atomic mass is 9.93. The molecule has 0 N–H and O–H groups in total. The molecule has 6 rings (SSSR count). The van der Waals surface area contributed by atoms with E-state index in [-0.39, 0.29) is 12.2 Å². The first-order valence-electron chi connectivity index (χ1n) is 12.9. The van der Waals surface area contributed by atoms with Gasteiger partial charge in [-0.1, -0.05) is 72.0 Å². The zero-order chi connectivity index (χ0) is 26.8. The van der Waals surface area contributed by atoms with E-state index in [1.165, 1.54) is 11.3 Å². The van der Waals surface area contributed by atoms with Gasteiger partial charge in [-0.15, -0.1) is 0 Å². The highest BCUT2D eigenvalue weighted by Crippen LogP contribution is 2.35. The summed E-state index contributed by atoms with van der Waals surface area (Å²) < 4.78 is 19.1. The van der Waals surface area contributed by atoms with E-state index in [0.717, 1.165) is 30.1 Å². The van der Waals surface area contributed by atoms with Crippen LogP contribution in [0.25, 0.3) is 11.8 Å². The van der Waals surface area contributed by atoms with E-state index >= 15 is 0 Å². The Morgan fingerprint density at radius 2 is 1.77 bits per heavy atom. The lowest BCUT2D eigenvalue weighted by Crippen LogP contribution is -2.39. The van der Waals surface area contributed by atoms with Gasteiger partial charge in [-0.3, -0.25) is 9.36 Å². The van der Waals surface area contributed by atoms with Gasteiger partial charge in [-0.2, -0.15) is 0 Å². The number of rotatable bonds is 6. The van der Waals surface area contributed by atoms with Gasteiger partial charge in [0.2, 0.25) is 0 Å². The molecule has 0 aliphatic carbocycles. The van der Waals surface area contributed by atoms with Gasteiger partial charge in [-0.05, 0) is 18.6 Å². The Hall–Kier alpha value is -4.21. The van der Waals surface area contributed by atoms with Crippen LogP contribution in [0, 0.1) is 0 Å². The summed E-state index contributed by atoms with van der Waals surface area (Å²) in [5.74, 6) is 0.825. The summed E-state index contributed by atoms with van der Waals surface area (Å²) in [5.41, 5.74) is 2.17. The van der Waals surface area contributed by atoms with Crippen molar-refractivity contribution in [2.24, 2.45) is 4.99 Å². The molecule has 4 aromatic rings. The number of carbonyl (C=O) groups is 1. The standard InChI is InChI=1S/C30H27N3O5S/c1-2-37-29(35)25-26(20-9-5-3-6-10-20)31-30-33(27(25)21-11-7-4-8-12-21)28(34)23(39-30)19-22-13-14-24(38-22)32-15-17-36-18-16-32/h3-14,19,27H,2,15-18H2,1H3/b23-19+. The van der Waals surface area contributed by atoms with Crippen LogP contribution in [0.5, 0.6) is 0 Å². The number of thiazole rings is 1. The minimum absolute atomic E-state index is 0.209. The number of esters is 1. The summed E-state index contributed by atoms with van der Waals surface area (Å²) in [5, 5.41) is 0. The van der Waals surface area contributed by atoms with Crippen molar-refractivity contribution in [3.05, 3.63) is 115 Å². The largest absolute Gasteiger partial charge is 0.463 e. The highest BCUT2D eigenvalue weighted by atomic mass is 32.1. The molecule has 2 aliphatic rings. The second-order valence-electron chi connectivity index (χ2n) is 9.12. The second-order valence-corrected chi connectivity index (χ2v) is 10.1. The monoisotopic (exact) mass is 541 g/mol. The molecular formula is C30H27N3O5S. The van der Waals surface area contributed by atoms with Crippen LogP contribution in [0.3, 0.4) is 0 Å². The Kier molecular flexibility index (Phi) is 7.00. The molecule has 0 bridgehead atoms. The molecule has 198 valence electrons. The van der Waals surface area contributed by atoms with Crippen LogP contribution in [0.2, 0.25) is 0 Å². The number of hydrogen-bond acceptors (Lipinski definition) is 8. The Morgan fingerprint density at radius 1 is 1.05 bits per heavy atom. The van der Waals surface area contributed by atoms with Gasteiger partial charge in [0.25, 0.3) is 5.56 Å². The van der Waals surface area contributed by atoms with Crippen LogP contribution in [-0.4, -0.2) is 43.4 Å². The summed E-state index contributed by atoms with van der Waals surface area (Å²) in [6, 6.07) is 22.1. The molecule has 2 aromatic carbocycles. The van der Waals surface area contributed by atoms with Gasteiger partial charge < -0.3 is 18.8 Å². The zero-order valence-electron chi connectivity index (χ0n) is 21.4. The van der Waals surface area contributed by atoms with E-state index in [1.807, 2.05) is 72.8 Å². The Balaban J connectivity index is 1.53. The molecular weight excluding hydrogens is 514 g/mol. The number of ether oxygens (including phenoxy) is 2. The van der Waals surface area contributed by atoms with Gasteiger partial charge in [-0.25, -0.2) is 9.79 Å². The number of aromatic nitrogens is 1. The fraction of sp³-hybridized carbons (Fsp3) is 0.233. The number of fused-ring (bicyclic) bond motifs is 1. The molecule has 1 unspecified atom stereocenters. The number of benzene rings is 2. The molecule has 2 aliphatic heterocycles. The molecule has 1 saturated heterocycles.